The van der Waals surface area contributed by atoms with E-state index in [1.54, 1.807) is 13.1 Å². The first kappa shape index (κ1) is 37.4. The number of nitrogens with two attached hydrogens (primary N) is 1. The van der Waals surface area contributed by atoms with Crippen molar-refractivity contribution in [2.75, 3.05) is 36.9 Å². The highest BCUT2D eigenvalue weighted by Crippen LogP contribution is 2.47. The summed E-state index contributed by atoms with van der Waals surface area (Å²) in [5.74, 6) is -0.734. The van der Waals surface area contributed by atoms with Crippen LogP contribution in [-0.2, 0) is 22.7 Å². The quantitative estimate of drug-likeness (QED) is 0.182. The van der Waals surface area contributed by atoms with E-state index in [0.717, 1.165) is 35.7 Å². The molecule has 3 N–H and O–H groups in total. The number of rotatable bonds is 12. The van der Waals surface area contributed by atoms with Gasteiger partial charge in [0.1, 0.15) is 22.4 Å². The number of halogens is 2. The molecule has 260 valence electrons. The number of thiophene rings is 1. The van der Waals surface area contributed by atoms with Crippen molar-refractivity contribution in [3.05, 3.63) is 56.4 Å². The molecule has 0 bridgehead atoms. The Balaban J connectivity index is 0.000000453. The van der Waals surface area contributed by atoms with Crippen LogP contribution < -0.4 is 10.6 Å². The van der Waals surface area contributed by atoms with Gasteiger partial charge < -0.3 is 25.2 Å². The van der Waals surface area contributed by atoms with Crippen molar-refractivity contribution in [1.82, 2.24) is 9.97 Å². The molecule has 2 aromatic heterocycles. The van der Waals surface area contributed by atoms with Crippen LogP contribution >= 0.6 is 11.3 Å². The zero-order chi connectivity index (χ0) is 35.0. The molecular weight excluding hydrogens is 633 g/mol. The van der Waals surface area contributed by atoms with Crippen LogP contribution in [0.15, 0.2) is 17.8 Å². The second-order valence-electron chi connectivity index (χ2n) is 12.5. The fraction of sp³-hybridized carbons (Fsp3) is 0.541. The van der Waals surface area contributed by atoms with E-state index in [9.17, 15) is 10.4 Å². The summed E-state index contributed by atoms with van der Waals surface area (Å²) in [7, 11) is 0. The monoisotopic (exact) mass is 681 g/mol. The first-order chi connectivity index (χ1) is 23.1. The van der Waals surface area contributed by atoms with Gasteiger partial charge >= 0.3 is 0 Å². The van der Waals surface area contributed by atoms with Gasteiger partial charge in [-0.15, -0.1) is 11.3 Å². The second kappa shape index (κ2) is 17.3. The third kappa shape index (κ3) is 7.89. The van der Waals surface area contributed by atoms with Crippen LogP contribution in [0.5, 0.6) is 0 Å². The maximum absolute atomic E-state index is 16.8. The van der Waals surface area contributed by atoms with E-state index in [1.165, 1.54) is 38.2 Å². The normalized spacial score (nSPS) is 18.1. The van der Waals surface area contributed by atoms with Crippen molar-refractivity contribution >= 4 is 44.6 Å². The Morgan fingerprint density at radius 2 is 1.88 bits per heavy atom. The summed E-state index contributed by atoms with van der Waals surface area (Å²) in [5.41, 5.74) is 9.60. The first-order valence-electron chi connectivity index (χ1n) is 17.1. The Morgan fingerprint density at radius 1 is 1.17 bits per heavy atom. The SMILES string of the molecule is C/C=C(/F)c1sc(N)c(C#N)c1/C(=C(\C)CC)c1c2c(c3cnc(N4CC(C)C(O)C4)nc3c1F)COC2.CCCCCOCCCC. The summed E-state index contributed by atoms with van der Waals surface area (Å²) in [5, 5.41) is 21.0. The molecule has 2 aliphatic heterocycles. The smallest absolute Gasteiger partial charge is 0.226 e. The molecule has 1 aromatic carbocycles. The number of nitriles is 1. The van der Waals surface area contributed by atoms with Crippen molar-refractivity contribution in [3.63, 3.8) is 0 Å². The number of aliphatic hydroxyl groups excluding tert-OH is 1. The maximum atomic E-state index is 16.8. The molecule has 2 aliphatic rings. The number of hydrogen-bond acceptors (Lipinski definition) is 9. The van der Waals surface area contributed by atoms with Crippen molar-refractivity contribution in [2.24, 2.45) is 5.92 Å². The van der Waals surface area contributed by atoms with Gasteiger partial charge in [0.25, 0.3) is 0 Å². The lowest BCUT2D eigenvalue weighted by atomic mass is 9.85. The molecule has 0 spiro atoms. The predicted octanol–water partition coefficient (Wildman–Crippen LogP) is 8.69. The van der Waals surface area contributed by atoms with Crippen molar-refractivity contribution in [3.8, 4) is 6.07 Å². The minimum atomic E-state index is -0.580. The number of β-amino-alcohol motifs (C(OH)–C–C–N with tert-alkyl or cyclic N) is 1. The van der Waals surface area contributed by atoms with Gasteiger partial charge in [-0.05, 0) is 49.8 Å². The van der Waals surface area contributed by atoms with Crippen LogP contribution in [-0.4, -0.2) is 47.5 Å². The van der Waals surface area contributed by atoms with E-state index in [4.69, 9.17) is 15.2 Å². The van der Waals surface area contributed by atoms with Gasteiger partial charge in [-0.25, -0.2) is 18.7 Å². The molecule has 2 unspecified atom stereocenters. The molecule has 5 rings (SSSR count). The van der Waals surface area contributed by atoms with E-state index in [-0.39, 0.29) is 45.7 Å². The van der Waals surface area contributed by atoms with Crippen LogP contribution in [0.4, 0.5) is 19.7 Å². The van der Waals surface area contributed by atoms with E-state index in [2.05, 4.69) is 29.9 Å². The number of aliphatic hydroxyl groups is 1. The predicted molar refractivity (Wildman–Crippen MR) is 191 cm³/mol. The molecule has 4 heterocycles. The molecular formula is C37H49F2N5O3S. The second-order valence-corrected chi connectivity index (χ2v) is 13.5. The number of aromatic nitrogens is 2. The van der Waals surface area contributed by atoms with Gasteiger partial charge in [0.2, 0.25) is 5.95 Å². The molecule has 11 heteroatoms. The van der Waals surface area contributed by atoms with Crippen LogP contribution in [0, 0.1) is 23.1 Å². The summed E-state index contributed by atoms with van der Waals surface area (Å²) < 4.78 is 43.1. The number of allylic oxidation sites excluding steroid dienone is 2. The molecule has 8 nitrogen and oxygen atoms in total. The third-order valence-electron chi connectivity index (χ3n) is 9.05. The molecule has 3 aromatic rings. The van der Waals surface area contributed by atoms with Gasteiger partial charge in [-0.1, -0.05) is 58.6 Å². The van der Waals surface area contributed by atoms with Crippen molar-refractivity contribution in [1.29, 1.82) is 5.26 Å². The number of nitrogens with zero attached hydrogens (tertiary/aromatic N) is 4. The Bertz CT molecular complexity index is 1680. The number of ether oxygens (including phenoxy) is 2. The summed E-state index contributed by atoms with van der Waals surface area (Å²) in [6, 6.07) is 2.12. The molecule has 0 aliphatic carbocycles. The lowest BCUT2D eigenvalue weighted by Crippen LogP contribution is -2.23. The molecule has 1 saturated heterocycles. The van der Waals surface area contributed by atoms with Gasteiger partial charge in [-0.3, -0.25) is 0 Å². The maximum Gasteiger partial charge on any atom is 0.226 e. The molecule has 2 atom stereocenters. The Hall–Kier alpha value is -3.43. The highest BCUT2D eigenvalue weighted by molar-refractivity contribution is 7.17. The lowest BCUT2D eigenvalue weighted by molar-refractivity contribution is 0.127. The molecule has 0 amide bonds. The average molecular weight is 682 g/mol. The third-order valence-corrected chi connectivity index (χ3v) is 10.1. The molecule has 0 saturated carbocycles. The highest BCUT2D eigenvalue weighted by Gasteiger charge is 2.34. The Morgan fingerprint density at radius 3 is 2.50 bits per heavy atom. The fourth-order valence-electron chi connectivity index (χ4n) is 6.06. The summed E-state index contributed by atoms with van der Waals surface area (Å²) in [4.78, 5) is 11.2. The minimum absolute atomic E-state index is 0.0401. The number of nitrogen functional groups attached to an aromatic ring is 1. The summed E-state index contributed by atoms with van der Waals surface area (Å²) in [6.07, 6.45) is 9.24. The standard InChI is InChI=1S/C28H29F2N5O2S.C9H20O/c1-5-13(3)21(23-15(7-31)27(32)38-26(23)19(29)6-2)22-18-12-37-11-17(18)16-8-33-28(34-25(16)24(22)30)35-9-14(4)20(36)10-35;1-3-5-7-9-10-8-6-4-2/h6,8,14,20,36H,5,9-12,32H2,1-4H3;3-9H2,1-2H3/b19-6+,21-13+;. The molecule has 1 fully saturated rings. The lowest BCUT2D eigenvalue weighted by Gasteiger charge is -2.20. The first-order valence-corrected chi connectivity index (χ1v) is 17.9. The minimum Gasteiger partial charge on any atom is -0.391 e. The largest absolute Gasteiger partial charge is 0.391 e. The summed E-state index contributed by atoms with van der Waals surface area (Å²) >= 11 is 0.980. The number of benzene rings is 1. The average Bonchev–Trinajstić information content (AvgIpc) is 3.80. The van der Waals surface area contributed by atoms with Gasteiger partial charge in [-0.2, -0.15) is 5.26 Å². The number of unbranched alkanes of at least 4 members (excludes halogenated alkanes) is 3. The zero-order valence-corrected chi connectivity index (χ0v) is 29.9. The Labute approximate surface area is 287 Å². The summed E-state index contributed by atoms with van der Waals surface area (Å²) in [6.45, 7) is 15.0. The zero-order valence-electron chi connectivity index (χ0n) is 29.1. The van der Waals surface area contributed by atoms with Crippen LogP contribution in [0.3, 0.4) is 0 Å². The highest BCUT2D eigenvalue weighted by atomic mass is 32.1. The Kier molecular flexibility index (Phi) is 13.5. The van der Waals surface area contributed by atoms with E-state index in [1.807, 2.05) is 25.7 Å². The van der Waals surface area contributed by atoms with Crippen LogP contribution in [0.1, 0.15) is 113 Å². The van der Waals surface area contributed by atoms with Gasteiger partial charge in [0.15, 0.2) is 5.82 Å². The van der Waals surface area contributed by atoms with Crippen molar-refractivity contribution < 1.29 is 23.4 Å². The fourth-order valence-corrected chi connectivity index (χ4v) is 7.05. The molecule has 48 heavy (non-hydrogen) atoms. The van der Waals surface area contributed by atoms with Gasteiger partial charge in [0.05, 0.1) is 29.8 Å². The van der Waals surface area contributed by atoms with E-state index >= 15 is 8.78 Å². The van der Waals surface area contributed by atoms with Crippen LogP contribution in [0.25, 0.3) is 22.3 Å². The van der Waals surface area contributed by atoms with Crippen LogP contribution in [0.2, 0.25) is 0 Å². The van der Waals surface area contributed by atoms with E-state index < -0.39 is 17.7 Å². The molecule has 0 radical (unpaired) electrons. The van der Waals surface area contributed by atoms with Gasteiger partial charge in [0, 0.05) is 54.9 Å². The number of hydrogen-bond donors (Lipinski definition) is 2. The van der Waals surface area contributed by atoms with E-state index in [0.29, 0.717) is 47.5 Å². The van der Waals surface area contributed by atoms with Crippen molar-refractivity contribution in [2.45, 2.75) is 99.4 Å². The number of fused-ring (bicyclic) bond motifs is 3. The number of anilines is 2. The topological polar surface area (TPSA) is 118 Å².